The molecule has 0 bridgehead atoms. The molecular formula is C7H11IN-. The van der Waals surface area contributed by atoms with Crippen LogP contribution in [-0.4, -0.2) is 14.1 Å². The summed E-state index contributed by atoms with van der Waals surface area (Å²) in [6.07, 6.45) is 1.12. The third kappa shape index (κ3) is 1.34. The van der Waals surface area contributed by atoms with E-state index in [9.17, 15) is 0 Å². The topological polar surface area (TPSA) is 23.9 Å². The Kier molecular flexibility index (Phi) is 2.27. The Morgan fingerprint density at radius 3 is 2.89 bits per heavy atom. The summed E-state index contributed by atoms with van der Waals surface area (Å²) in [5.41, 5.74) is 1.93. The third-order valence-electron chi connectivity index (χ3n) is 1.46. The number of hydrogen-bond donors (Lipinski definition) is 1. The molecular weight excluding hydrogens is 225 g/mol. The van der Waals surface area contributed by atoms with Gasteiger partial charge in [-0.15, -0.1) is 0 Å². The number of hydrogen-bond acceptors (Lipinski definition) is 1. The van der Waals surface area contributed by atoms with E-state index in [0.29, 0.717) is 25.1 Å². The molecule has 0 aromatic rings. The number of nitrogens with one attached hydrogen (secondary N) is 1. The van der Waals surface area contributed by atoms with Crippen LogP contribution in [0.1, 0.15) is 13.3 Å². The molecule has 1 aliphatic rings. The second-order valence-electron chi connectivity index (χ2n) is 2.11. The van der Waals surface area contributed by atoms with Crippen LogP contribution in [0.15, 0.2) is 12.2 Å². The van der Waals surface area contributed by atoms with E-state index >= 15 is 0 Å². The molecule has 1 nitrogen and oxygen atoms in total. The van der Waals surface area contributed by atoms with E-state index < -0.39 is 0 Å². The van der Waals surface area contributed by atoms with E-state index in [1.807, 2.05) is 0 Å². The Labute approximate surface area is 66.3 Å². The molecule has 1 saturated carbocycles. The Balaban J connectivity index is 2.33. The number of rotatable bonds is 2. The molecule has 2 heteroatoms. The monoisotopic (exact) mass is 236 g/mol. The number of alkyl halides is 2. The average Bonchev–Trinajstić information content (AvgIpc) is 1.88. The van der Waals surface area contributed by atoms with Crippen LogP contribution in [-0.2, 0) is 0 Å². The van der Waals surface area contributed by atoms with Gasteiger partial charge in [0.05, 0.1) is 0 Å². The zero-order valence-corrected chi connectivity index (χ0v) is 7.73. The Bertz CT molecular complexity index is 151. The van der Waals surface area contributed by atoms with Crippen LogP contribution in [0.4, 0.5) is 0 Å². The molecule has 1 rings (SSSR count). The molecule has 0 saturated heterocycles. The van der Waals surface area contributed by atoms with Crippen molar-refractivity contribution < 1.29 is 21.2 Å². The SMILES string of the molecule is C=C1CC([I-]CC)C1=N. The van der Waals surface area contributed by atoms with Crippen molar-refractivity contribution in [3.8, 4) is 0 Å². The maximum absolute atomic E-state index is 7.42. The molecule has 0 radical (unpaired) electrons. The molecule has 9 heavy (non-hydrogen) atoms. The van der Waals surface area contributed by atoms with Gasteiger partial charge in [0.1, 0.15) is 0 Å². The summed E-state index contributed by atoms with van der Waals surface area (Å²) in [7, 11) is 0. The van der Waals surface area contributed by atoms with Crippen molar-refractivity contribution in [3.63, 3.8) is 0 Å². The second kappa shape index (κ2) is 2.82. The predicted molar refractivity (Wildman–Crippen MR) is 35.8 cm³/mol. The molecule has 0 aliphatic heterocycles. The summed E-state index contributed by atoms with van der Waals surface area (Å²) >= 11 is 0.299. The van der Waals surface area contributed by atoms with Gasteiger partial charge in [-0.05, 0) is 0 Å². The van der Waals surface area contributed by atoms with Crippen LogP contribution < -0.4 is 21.2 Å². The van der Waals surface area contributed by atoms with Gasteiger partial charge in [-0.3, -0.25) is 0 Å². The maximum atomic E-state index is 7.42. The molecule has 1 N–H and O–H groups in total. The summed E-state index contributed by atoms with van der Waals surface area (Å²) in [5, 5.41) is 7.42. The van der Waals surface area contributed by atoms with Crippen molar-refractivity contribution in [1.29, 1.82) is 5.41 Å². The van der Waals surface area contributed by atoms with Gasteiger partial charge in [0.25, 0.3) is 0 Å². The summed E-state index contributed by atoms with van der Waals surface area (Å²) in [6.45, 7) is 5.98. The number of halogens is 1. The van der Waals surface area contributed by atoms with Crippen LogP contribution in [0.3, 0.4) is 0 Å². The van der Waals surface area contributed by atoms with Crippen molar-refractivity contribution in [1.82, 2.24) is 0 Å². The van der Waals surface area contributed by atoms with Crippen molar-refractivity contribution in [2.24, 2.45) is 0 Å². The summed E-state index contributed by atoms with van der Waals surface area (Å²) in [5.74, 6) is 0. The second-order valence-corrected chi connectivity index (χ2v) is 6.02. The average molecular weight is 236 g/mol. The van der Waals surface area contributed by atoms with Gasteiger partial charge in [0.2, 0.25) is 0 Å². The molecule has 1 aliphatic carbocycles. The van der Waals surface area contributed by atoms with E-state index in [1.165, 1.54) is 4.43 Å². The van der Waals surface area contributed by atoms with Gasteiger partial charge in [0.15, 0.2) is 0 Å². The Morgan fingerprint density at radius 1 is 1.89 bits per heavy atom. The van der Waals surface area contributed by atoms with Crippen LogP contribution >= 0.6 is 0 Å². The van der Waals surface area contributed by atoms with E-state index in [4.69, 9.17) is 5.41 Å². The van der Waals surface area contributed by atoms with Crippen molar-refractivity contribution in [2.75, 3.05) is 4.43 Å². The first-order valence-corrected chi connectivity index (χ1v) is 5.87. The third-order valence-corrected chi connectivity index (χ3v) is 4.47. The minimum absolute atomic E-state index is 0.299. The standard InChI is InChI=1S/C7H11IN/c1-3-8-6-4-5(2)7(6)9/h6,9H,2-4H2,1H3/q-1. The Morgan fingerprint density at radius 2 is 2.56 bits per heavy atom. The predicted octanol–water partition coefficient (Wildman–Crippen LogP) is -1.56. The quantitative estimate of drug-likeness (QED) is 0.443. The van der Waals surface area contributed by atoms with Crippen molar-refractivity contribution in [3.05, 3.63) is 12.2 Å². The first-order chi connectivity index (χ1) is 4.25. The van der Waals surface area contributed by atoms with Crippen LogP contribution in [0.5, 0.6) is 0 Å². The fourth-order valence-corrected chi connectivity index (χ4v) is 3.62. The normalized spacial score (nSPS) is 26.6. The number of allylic oxidation sites excluding steroid dienone is 1. The van der Waals surface area contributed by atoms with Crippen LogP contribution in [0.25, 0.3) is 0 Å². The van der Waals surface area contributed by atoms with E-state index in [-0.39, 0.29) is 0 Å². The van der Waals surface area contributed by atoms with Crippen LogP contribution in [0.2, 0.25) is 0 Å². The van der Waals surface area contributed by atoms with Crippen molar-refractivity contribution >= 4 is 5.71 Å². The zero-order chi connectivity index (χ0) is 6.85. The van der Waals surface area contributed by atoms with Gasteiger partial charge >= 0.3 is 66.2 Å². The van der Waals surface area contributed by atoms with Crippen LogP contribution in [0, 0.1) is 5.41 Å². The van der Waals surface area contributed by atoms with E-state index in [2.05, 4.69) is 13.5 Å². The van der Waals surface area contributed by atoms with E-state index in [0.717, 1.165) is 17.7 Å². The molecule has 1 unspecified atom stereocenters. The molecule has 0 heterocycles. The van der Waals surface area contributed by atoms with E-state index in [1.54, 1.807) is 0 Å². The fraction of sp³-hybridized carbons (Fsp3) is 0.571. The van der Waals surface area contributed by atoms with Gasteiger partial charge in [-0.25, -0.2) is 0 Å². The fourth-order valence-electron chi connectivity index (χ4n) is 0.837. The van der Waals surface area contributed by atoms with Crippen molar-refractivity contribution in [2.45, 2.75) is 17.3 Å². The molecule has 52 valence electrons. The first-order valence-electron chi connectivity index (χ1n) is 3.10. The molecule has 1 atom stereocenters. The molecule has 1 fully saturated rings. The van der Waals surface area contributed by atoms with Gasteiger partial charge in [-0.2, -0.15) is 0 Å². The first kappa shape index (κ1) is 7.25. The molecule has 0 amide bonds. The van der Waals surface area contributed by atoms with Gasteiger partial charge in [-0.1, -0.05) is 0 Å². The Hall–Kier alpha value is 0.140. The molecule has 0 spiro atoms. The summed E-state index contributed by atoms with van der Waals surface area (Å²) in [4.78, 5) is 0. The molecule has 0 aromatic heterocycles. The zero-order valence-electron chi connectivity index (χ0n) is 5.58. The summed E-state index contributed by atoms with van der Waals surface area (Å²) in [6, 6.07) is 0. The van der Waals surface area contributed by atoms with Gasteiger partial charge in [0, 0.05) is 0 Å². The minimum atomic E-state index is 0.299. The van der Waals surface area contributed by atoms with Gasteiger partial charge < -0.3 is 0 Å². The molecule has 0 aromatic carbocycles. The summed E-state index contributed by atoms with van der Waals surface area (Å²) < 4.78 is 1.97.